The van der Waals surface area contributed by atoms with Crippen LogP contribution in [-0.2, 0) is 10.5 Å². The maximum absolute atomic E-state index is 13.2. The van der Waals surface area contributed by atoms with Gasteiger partial charge >= 0.3 is 5.97 Å². The zero-order valence-corrected chi connectivity index (χ0v) is 11.6. The molecule has 102 valence electrons. The first-order valence-corrected chi connectivity index (χ1v) is 7.10. The lowest BCUT2D eigenvalue weighted by Gasteiger charge is -2.12. The fourth-order valence-corrected chi connectivity index (χ4v) is 2.69. The third-order valence-corrected chi connectivity index (χ3v) is 3.61. The van der Waals surface area contributed by atoms with Gasteiger partial charge in [0.05, 0.1) is 22.5 Å². The molecule has 4 nitrogen and oxygen atoms in total. The summed E-state index contributed by atoms with van der Waals surface area (Å²) in [4.78, 5) is 14.9. The van der Waals surface area contributed by atoms with Gasteiger partial charge in [0.25, 0.3) is 0 Å². The molecule has 0 unspecified atom stereocenters. The van der Waals surface area contributed by atoms with Crippen LogP contribution in [-0.4, -0.2) is 26.4 Å². The van der Waals surface area contributed by atoms with Crippen molar-refractivity contribution in [3.63, 3.8) is 0 Å². The molecule has 2 aromatic rings. The number of fused-ring (bicyclic) bond motifs is 1. The van der Waals surface area contributed by atoms with Crippen LogP contribution in [0.4, 0.5) is 4.39 Å². The highest BCUT2D eigenvalue weighted by Gasteiger charge is 2.14. The van der Waals surface area contributed by atoms with Gasteiger partial charge in [-0.15, -0.1) is 11.8 Å². The number of aromatic nitrogens is 2. The molecule has 0 bridgehead atoms. The maximum Gasteiger partial charge on any atom is 0.313 e. The third-order valence-electron chi connectivity index (χ3n) is 2.70. The molecule has 0 saturated heterocycles. The molecule has 0 aliphatic heterocycles. The SMILES string of the molecule is CC(C)n1c(CSCC(=O)O)nc2cc(F)ccc21. The zero-order chi connectivity index (χ0) is 14.0. The Morgan fingerprint density at radius 2 is 2.26 bits per heavy atom. The van der Waals surface area contributed by atoms with Crippen LogP contribution in [0.25, 0.3) is 11.0 Å². The molecular formula is C13H15FN2O2S. The van der Waals surface area contributed by atoms with Gasteiger partial charge in [-0.2, -0.15) is 0 Å². The number of hydrogen-bond donors (Lipinski definition) is 1. The van der Waals surface area contributed by atoms with Crippen LogP contribution in [0.5, 0.6) is 0 Å². The number of halogens is 1. The molecule has 0 amide bonds. The molecule has 1 aromatic carbocycles. The number of carbonyl (C=O) groups is 1. The van der Waals surface area contributed by atoms with Crippen molar-refractivity contribution >= 4 is 28.8 Å². The van der Waals surface area contributed by atoms with Gasteiger partial charge in [0.1, 0.15) is 11.6 Å². The molecule has 0 spiro atoms. The van der Waals surface area contributed by atoms with Gasteiger partial charge in [0.2, 0.25) is 0 Å². The van der Waals surface area contributed by atoms with Gasteiger partial charge in [-0.3, -0.25) is 4.79 Å². The molecule has 0 radical (unpaired) electrons. The Morgan fingerprint density at radius 3 is 2.89 bits per heavy atom. The number of rotatable bonds is 5. The number of nitrogens with zero attached hydrogens (tertiary/aromatic N) is 2. The van der Waals surface area contributed by atoms with Gasteiger partial charge in [0, 0.05) is 12.1 Å². The Kier molecular flexibility index (Phi) is 4.09. The Hall–Kier alpha value is -1.56. The smallest absolute Gasteiger partial charge is 0.313 e. The summed E-state index contributed by atoms with van der Waals surface area (Å²) in [7, 11) is 0. The minimum absolute atomic E-state index is 0.0374. The van der Waals surface area contributed by atoms with Crippen LogP contribution in [0.3, 0.4) is 0 Å². The standard InChI is InChI=1S/C13H15FN2O2S/c1-8(2)16-11-4-3-9(14)5-10(11)15-12(16)6-19-7-13(17)18/h3-5,8H,6-7H2,1-2H3,(H,17,18). The summed E-state index contributed by atoms with van der Waals surface area (Å²) in [5, 5.41) is 8.65. The van der Waals surface area contributed by atoms with E-state index in [-0.39, 0.29) is 17.6 Å². The summed E-state index contributed by atoms with van der Waals surface area (Å²) >= 11 is 1.29. The van der Waals surface area contributed by atoms with E-state index in [1.807, 2.05) is 18.4 Å². The third kappa shape index (κ3) is 3.07. The normalized spacial score (nSPS) is 11.4. The minimum Gasteiger partial charge on any atom is -0.481 e. The number of aliphatic carboxylic acids is 1. The largest absolute Gasteiger partial charge is 0.481 e. The molecule has 0 aliphatic rings. The summed E-state index contributed by atoms with van der Waals surface area (Å²) in [6.07, 6.45) is 0. The summed E-state index contributed by atoms with van der Waals surface area (Å²) in [5.74, 6) is 0.159. The molecular weight excluding hydrogens is 267 g/mol. The van der Waals surface area contributed by atoms with Crippen molar-refractivity contribution in [1.82, 2.24) is 9.55 Å². The fraction of sp³-hybridized carbons (Fsp3) is 0.385. The molecule has 19 heavy (non-hydrogen) atoms. The Labute approximate surface area is 114 Å². The summed E-state index contributed by atoms with van der Waals surface area (Å²) < 4.78 is 15.2. The highest BCUT2D eigenvalue weighted by atomic mass is 32.2. The number of carboxylic acids is 1. The molecule has 0 aliphatic carbocycles. The highest BCUT2D eigenvalue weighted by molar-refractivity contribution is 7.99. The second-order valence-corrected chi connectivity index (χ2v) is 5.50. The number of benzene rings is 1. The van der Waals surface area contributed by atoms with Crippen molar-refractivity contribution in [1.29, 1.82) is 0 Å². The van der Waals surface area contributed by atoms with Gasteiger partial charge in [0.15, 0.2) is 0 Å². The summed E-state index contributed by atoms with van der Waals surface area (Å²) in [5.41, 5.74) is 1.49. The van der Waals surface area contributed by atoms with Gasteiger partial charge in [-0.25, -0.2) is 9.37 Å². The highest BCUT2D eigenvalue weighted by Crippen LogP contribution is 2.24. The first-order chi connectivity index (χ1) is 8.99. The molecule has 0 fully saturated rings. The Bertz CT molecular complexity index is 610. The van der Waals surface area contributed by atoms with E-state index in [0.717, 1.165) is 11.3 Å². The van der Waals surface area contributed by atoms with Gasteiger partial charge in [-0.1, -0.05) is 0 Å². The van der Waals surface area contributed by atoms with E-state index in [2.05, 4.69) is 4.98 Å². The van der Waals surface area contributed by atoms with E-state index >= 15 is 0 Å². The Balaban J connectivity index is 2.36. The number of thioether (sulfide) groups is 1. The van der Waals surface area contributed by atoms with E-state index in [0.29, 0.717) is 11.3 Å². The lowest BCUT2D eigenvalue weighted by Crippen LogP contribution is -2.06. The summed E-state index contributed by atoms with van der Waals surface area (Å²) in [6.45, 7) is 4.05. The van der Waals surface area contributed by atoms with Crippen molar-refractivity contribution in [3.8, 4) is 0 Å². The van der Waals surface area contributed by atoms with Crippen molar-refractivity contribution in [2.24, 2.45) is 0 Å². The van der Waals surface area contributed by atoms with Crippen molar-refractivity contribution in [2.75, 3.05) is 5.75 Å². The van der Waals surface area contributed by atoms with Crippen LogP contribution in [0, 0.1) is 5.82 Å². The second-order valence-electron chi connectivity index (χ2n) is 4.51. The molecule has 1 aromatic heterocycles. The van der Waals surface area contributed by atoms with Crippen LogP contribution in [0.1, 0.15) is 25.7 Å². The van der Waals surface area contributed by atoms with E-state index in [4.69, 9.17) is 5.11 Å². The lowest BCUT2D eigenvalue weighted by atomic mass is 10.3. The lowest BCUT2D eigenvalue weighted by molar-refractivity contribution is -0.133. The maximum atomic E-state index is 13.2. The van der Waals surface area contributed by atoms with Crippen molar-refractivity contribution in [2.45, 2.75) is 25.6 Å². The zero-order valence-electron chi connectivity index (χ0n) is 10.8. The van der Waals surface area contributed by atoms with E-state index in [9.17, 15) is 9.18 Å². The number of carboxylic acid groups (broad SMARTS) is 1. The van der Waals surface area contributed by atoms with E-state index < -0.39 is 5.97 Å². The predicted octanol–water partition coefficient (Wildman–Crippen LogP) is 3.07. The molecule has 0 atom stereocenters. The number of imidazole rings is 1. The van der Waals surface area contributed by atoms with Crippen molar-refractivity contribution in [3.05, 3.63) is 29.8 Å². The quantitative estimate of drug-likeness (QED) is 0.915. The monoisotopic (exact) mass is 282 g/mol. The average Bonchev–Trinajstić information content (AvgIpc) is 2.65. The first kappa shape index (κ1) is 13.9. The topological polar surface area (TPSA) is 55.1 Å². The summed E-state index contributed by atoms with van der Waals surface area (Å²) in [6, 6.07) is 4.72. The van der Waals surface area contributed by atoms with Crippen molar-refractivity contribution < 1.29 is 14.3 Å². The van der Waals surface area contributed by atoms with Crippen LogP contribution >= 0.6 is 11.8 Å². The minimum atomic E-state index is -0.844. The van der Waals surface area contributed by atoms with Crippen LogP contribution < -0.4 is 0 Å². The second kappa shape index (κ2) is 5.61. The van der Waals surface area contributed by atoms with E-state index in [1.54, 1.807) is 6.07 Å². The fourth-order valence-electron chi connectivity index (χ4n) is 2.03. The molecule has 6 heteroatoms. The predicted molar refractivity (Wildman–Crippen MR) is 73.9 cm³/mol. The molecule has 1 N–H and O–H groups in total. The average molecular weight is 282 g/mol. The van der Waals surface area contributed by atoms with E-state index in [1.165, 1.54) is 23.9 Å². The van der Waals surface area contributed by atoms with Crippen LogP contribution in [0.2, 0.25) is 0 Å². The first-order valence-electron chi connectivity index (χ1n) is 5.95. The van der Waals surface area contributed by atoms with Crippen LogP contribution in [0.15, 0.2) is 18.2 Å². The molecule has 2 rings (SSSR count). The Morgan fingerprint density at radius 1 is 1.53 bits per heavy atom. The van der Waals surface area contributed by atoms with Gasteiger partial charge < -0.3 is 9.67 Å². The van der Waals surface area contributed by atoms with Gasteiger partial charge in [-0.05, 0) is 26.0 Å². The molecule has 0 saturated carbocycles. The number of hydrogen-bond acceptors (Lipinski definition) is 3. The molecule has 1 heterocycles.